The number of hydrogen-bond donors (Lipinski definition) is 2. The summed E-state index contributed by atoms with van der Waals surface area (Å²) in [6.45, 7) is 0. The Hall–Kier alpha value is -2.91. The van der Waals surface area contributed by atoms with Gasteiger partial charge >= 0.3 is 12.1 Å². The SMILES string of the molecule is O=C(O)c1ccc(-n2nc(C(O)c3c(Cl)cccc3C(F)(F)F)c3c2CCCC3)c(F)c1. The van der Waals surface area contributed by atoms with E-state index >= 15 is 0 Å². The van der Waals surface area contributed by atoms with Crippen LogP contribution in [0.15, 0.2) is 36.4 Å². The molecule has 10 heteroatoms. The number of aliphatic hydroxyl groups is 1. The van der Waals surface area contributed by atoms with Gasteiger partial charge in [-0.3, -0.25) is 0 Å². The molecule has 3 aromatic rings. The maximum Gasteiger partial charge on any atom is 0.416 e. The quantitative estimate of drug-likeness (QED) is 0.507. The van der Waals surface area contributed by atoms with Gasteiger partial charge in [0.05, 0.1) is 16.8 Å². The van der Waals surface area contributed by atoms with Crippen molar-refractivity contribution >= 4 is 17.6 Å². The predicted octanol–water partition coefficient (Wildman–Crippen LogP) is 5.34. The number of carbonyl (C=O) groups is 1. The van der Waals surface area contributed by atoms with Crippen LogP contribution in [-0.2, 0) is 19.0 Å². The van der Waals surface area contributed by atoms with E-state index < -0.39 is 35.2 Å². The van der Waals surface area contributed by atoms with Crippen molar-refractivity contribution in [1.82, 2.24) is 9.78 Å². The van der Waals surface area contributed by atoms with Gasteiger partial charge in [-0.15, -0.1) is 0 Å². The van der Waals surface area contributed by atoms with Crippen molar-refractivity contribution < 1.29 is 32.6 Å². The van der Waals surface area contributed by atoms with Crippen LogP contribution in [0, 0.1) is 5.82 Å². The summed E-state index contributed by atoms with van der Waals surface area (Å²) in [5.74, 6) is -2.15. The summed E-state index contributed by atoms with van der Waals surface area (Å²) in [6, 6.07) is 6.54. The fourth-order valence-electron chi connectivity index (χ4n) is 4.06. The highest BCUT2D eigenvalue weighted by Gasteiger charge is 2.38. The molecule has 1 unspecified atom stereocenters. The zero-order valence-corrected chi connectivity index (χ0v) is 17.2. The van der Waals surface area contributed by atoms with Crippen molar-refractivity contribution in [2.75, 3.05) is 0 Å². The summed E-state index contributed by atoms with van der Waals surface area (Å²) in [7, 11) is 0. The van der Waals surface area contributed by atoms with Crippen LogP contribution in [0.3, 0.4) is 0 Å². The number of rotatable bonds is 4. The molecule has 5 nitrogen and oxygen atoms in total. The molecule has 0 saturated heterocycles. The average molecular weight is 469 g/mol. The number of alkyl halides is 3. The maximum atomic E-state index is 14.7. The van der Waals surface area contributed by atoms with Crippen molar-refractivity contribution in [2.24, 2.45) is 0 Å². The Kier molecular flexibility index (Phi) is 5.72. The largest absolute Gasteiger partial charge is 0.478 e. The summed E-state index contributed by atoms with van der Waals surface area (Å²) in [5.41, 5.74) is -0.818. The molecule has 2 N–H and O–H groups in total. The van der Waals surface area contributed by atoms with E-state index in [4.69, 9.17) is 16.7 Å². The van der Waals surface area contributed by atoms with Crippen LogP contribution in [-0.4, -0.2) is 26.0 Å². The van der Waals surface area contributed by atoms with E-state index in [1.807, 2.05) is 0 Å². The van der Waals surface area contributed by atoms with Crippen LogP contribution in [0.25, 0.3) is 5.69 Å². The van der Waals surface area contributed by atoms with Gasteiger partial charge in [-0.25, -0.2) is 13.9 Å². The van der Waals surface area contributed by atoms with E-state index in [2.05, 4.69) is 5.10 Å². The summed E-state index contributed by atoms with van der Waals surface area (Å²) < 4.78 is 56.7. The molecule has 1 aromatic heterocycles. The predicted molar refractivity (Wildman–Crippen MR) is 108 cm³/mol. The minimum absolute atomic E-state index is 0.0278. The van der Waals surface area contributed by atoms with E-state index in [0.717, 1.165) is 31.0 Å². The standard InChI is InChI=1S/C22H17ClF4N2O3/c23-14-6-3-5-13(22(25,26)27)18(14)20(30)19-12-4-1-2-7-16(12)29(28-19)17-9-8-11(21(31)32)10-15(17)24/h3,5-6,8-10,20,30H,1-2,4,7H2,(H,31,32). The second kappa shape index (κ2) is 8.22. The summed E-state index contributed by atoms with van der Waals surface area (Å²) in [4.78, 5) is 11.1. The third-order valence-corrected chi connectivity index (χ3v) is 5.85. The first-order valence-electron chi connectivity index (χ1n) is 9.77. The van der Waals surface area contributed by atoms with Gasteiger partial charge in [-0.1, -0.05) is 17.7 Å². The zero-order chi connectivity index (χ0) is 23.2. The lowest BCUT2D eigenvalue weighted by Crippen LogP contribution is -2.15. The van der Waals surface area contributed by atoms with Gasteiger partial charge in [0.15, 0.2) is 0 Å². The Bertz CT molecular complexity index is 1210. The van der Waals surface area contributed by atoms with Crippen molar-refractivity contribution in [2.45, 2.75) is 38.0 Å². The highest BCUT2D eigenvalue weighted by Crippen LogP contribution is 2.42. The highest BCUT2D eigenvalue weighted by molar-refractivity contribution is 6.31. The molecule has 2 aromatic carbocycles. The smallest absolute Gasteiger partial charge is 0.416 e. The monoisotopic (exact) mass is 468 g/mol. The Labute approximate surface area is 184 Å². The number of nitrogens with zero attached hydrogens (tertiary/aromatic N) is 2. The zero-order valence-electron chi connectivity index (χ0n) is 16.5. The highest BCUT2D eigenvalue weighted by atomic mass is 35.5. The topological polar surface area (TPSA) is 75.3 Å². The van der Waals surface area contributed by atoms with Crippen LogP contribution in [0.4, 0.5) is 17.6 Å². The second-order valence-corrected chi connectivity index (χ2v) is 7.91. The van der Waals surface area contributed by atoms with Gasteiger partial charge in [0.1, 0.15) is 17.6 Å². The third-order valence-electron chi connectivity index (χ3n) is 5.52. The number of aliphatic hydroxyl groups excluding tert-OH is 1. The molecule has 1 atom stereocenters. The summed E-state index contributed by atoms with van der Waals surface area (Å²) in [5, 5.41) is 24.1. The molecule has 0 saturated carbocycles. The van der Waals surface area contributed by atoms with Gasteiger partial charge in [0.25, 0.3) is 0 Å². The number of benzene rings is 2. The van der Waals surface area contributed by atoms with E-state index in [1.165, 1.54) is 22.9 Å². The minimum atomic E-state index is -4.75. The first-order chi connectivity index (χ1) is 15.1. The molecule has 0 fully saturated rings. The third kappa shape index (κ3) is 3.86. The molecular weight excluding hydrogens is 452 g/mol. The molecule has 4 rings (SSSR count). The van der Waals surface area contributed by atoms with Crippen LogP contribution >= 0.6 is 11.6 Å². The summed E-state index contributed by atoms with van der Waals surface area (Å²) >= 11 is 6.05. The molecule has 0 spiro atoms. The molecule has 0 amide bonds. The lowest BCUT2D eigenvalue weighted by Gasteiger charge is -2.19. The Morgan fingerprint density at radius 3 is 2.53 bits per heavy atom. The number of carboxylic acid groups (broad SMARTS) is 1. The molecule has 1 aliphatic carbocycles. The van der Waals surface area contributed by atoms with E-state index in [1.54, 1.807) is 0 Å². The van der Waals surface area contributed by atoms with E-state index in [-0.39, 0.29) is 22.0 Å². The van der Waals surface area contributed by atoms with Gasteiger partial charge < -0.3 is 10.2 Å². The molecular formula is C22H17ClF4N2O3. The normalized spacial score (nSPS) is 14.8. The number of aromatic nitrogens is 2. The first kappa shape index (κ1) is 22.3. The Balaban J connectivity index is 1.89. The van der Waals surface area contributed by atoms with Gasteiger partial charge in [0, 0.05) is 21.8 Å². The number of fused-ring (bicyclic) bond motifs is 1. The number of carboxylic acids is 1. The van der Waals surface area contributed by atoms with Gasteiger partial charge in [-0.05, 0) is 56.0 Å². The fraction of sp³-hybridized carbons (Fsp3) is 0.273. The number of halogens is 5. The molecule has 1 heterocycles. The van der Waals surface area contributed by atoms with E-state index in [9.17, 15) is 27.5 Å². The second-order valence-electron chi connectivity index (χ2n) is 7.50. The van der Waals surface area contributed by atoms with Crippen molar-refractivity contribution in [3.8, 4) is 5.69 Å². The van der Waals surface area contributed by atoms with Crippen molar-refractivity contribution in [3.63, 3.8) is 0 Å². The van der Waals surface area contributed by atoms with E-state index in [0.29, 0.717) is 24.1 Å². The van der Waals surface area contributed by atoms with Gasteiger partial charge in [-0.2, -0.15) is 18.3 Å². The lowest BCUT2D eigenvalue weighted by atomic mass is 9.91. The lowest BCUT2D eigenvalue weighted by molar-refractivity contribution is -0.139. The Morgan fingerprint density at radius 2 is 1.88 bits per heavy atom. The first-order valence-corrected chi connectivity index (χ1v) is 10.1. The average Bonchev–Trinajstić information content (AvgIpc) is 3.12. The Morgan fingerprint density at radius 1 is 1.16 bits per heavy atom. The van der Waals surface area contributed by atoms with Crippen LogP contribution < -0.4 is 0 Å². The molecule has 1 aliphatic rings. The number of aromatic carboxylic acids is 1. The molecule has 0 aliphatic heterocycles. The molecule has 168 valence electrons. The maximum absolute atomic E-state index is 14.7. The van der Waals surface area contributed by atoms with Gasteiger partial charge in [0.2, 0.25) is 0 Å². The van der Waals surface area contributed by atoms with Crippen molar-refractivity contribution in [1.29, 1.82) is 0 Å². The van der Waals surface area contributed by atoms with Crippen molar-refractivity contribution in [3.05, 3.63) is 80.9 Å². The fourth-order valence-corrected chi connectivity index (χ4v) is 4.33. The van der Waals surface area contributed by atoms with Crippen LogP contribution in [0.2, 0.25) is 5.02 Å². The van der Waals surface area contributed by atoms with Crippen LogP contribution in [0.1, 0.15) is 57.4 Å². The molecule has 0 bridgehead atoms. The summed E-state index contributed by atoms with van der Waals surface area (Å²) in [6.07, 6.45) is -4.12. The van der Waals surface area contributed by atoms with Crippen LogP contribution in [0.5, 0.6) is 0 Å². The minimum Gasteiger partial charge on any atom is -0.478 e. The number of hydrogen-bond acceptors (Lipinski definition) is 3. The molecule has 0 radical (unpaired) electrons. The molecule has 32 heavy (non-hydrogen) atoms.